The molecule has 8 nitrogen and oxygen atoms in total. The zero-order valence-electron chi connectivity index (χ0n) is 21.2. The van der Waals surface area contributed by atoms with Gasteiger partial charge >= 0.3 is 0 Å². The number of amides is 2. The lowest BCUT2D eigenvalue weighted by molar-refractivity contribution is -0.133. The first-order chi connectivity index (χ1) is 18.0. The van der Waals surface area contributed by atoms with Crippen molar-refractivity contribution in [1.82, 2.24) is 14.5 Å². The van der Waals surface area contributed by atoms with Crippen LogP contribution in [0.5, 0.6) is 11.5 Å². The zero-order chi connectivity index (χ0) is 26.2. The number of methoxy groups -OCH3 is 2. The number of carbonyl (C=O) groups excluding carboxylic acids is 2. The molecule has 0 spiro atoms. The summed E-state index contributed by atoms with van der Waals surface area (Å²) in [7, 11) is 3.14. The second kappa shape index (κ2) is 11.9. The number of likely N-dealkylation sites (N-methyl/N-ethyl adjacent to an activating group) is 1. The topological polar surface area (TPSA) is 85.7 Å². The minimum absolute atomic E-state index is 0.0817. The van der Waals surface area contributed by atoms with Crippen LogP contribution < -0.4 is 14.8 Å². The molecule has 3 aromatic carbocycles. The van der Waals surface area contributed by atoms with E-state index in [1.54, 1.807) is 24.9 Å². The van der Waals surface area contributed by atoms with Gasteiger partial charge in [0.05, 0.1) is 38.6 Å². The van der Waals surface area contributed by atoms with Gasteiger partial charge in [-0.15, -0.1) is 0 Å². The minimum atomic E-state index is -0.338. The van der Waals surface area contributed by atoms with Crippen LogP contribution in [0.25, 0.3) is 16.9 Å². The molecule has 0 bridgehead atoms. The van der Waals surface area contributed by atoms with Crippen molar-refractivity contribution >= 4 is 17.8 Å². The normalized spacial score (nSPS) is 10.6. The molecule has 37 heavy (non-hydrogen) atoms. The number of benzene rings is 3. The highest BCUT2D eigenvalue weighted by molar-refractivity contribution is 5.94. The summed E-state index contributed by atoms with van der Waals surface area (Å²) in [5.74, 6) is 1.03. The van der Waals surface area contributed by atoms with Crippen molar-refractivity contribution in [1.29, 1.82) is 0 Å². The van der Waals surface area contributed by atoms with E-state index in [0.29, 0.717) is 29.7 Å². The fourth-order valence-electron chi connectivity index (χ4n) is 3.98. The maximum absolute atomic E-state index is 13.1. The van der Waals surface area contributed by atoms with Crippen LogP contribution in [-0.2, 0) is 16.0 Å². The first-order valence-corrected chi connectivity index (χ1v) is 12.0. The molecule has 0 aliphatic heterocycles. The lowest BCUT2D eigenvalue weighted by Crippen LogP contribution is -2.39. The molecule has 0 aliphatic rings. The molecule has 190 valence electrons. The molecule has 4 rings (SSSR count). The number of ether oxygens (including phenoxy) is 2. The fraction of sp³-hybridized carbons (Fsp3) is 0.207. The van der Waals surface area contributed by atoms with Gasteiger partial charge in [0.15, 0.2) is 11.5 Å². The Morgan fingerprint density at radius 3 is 2.24 bits per heavy atom. The van der Waals surface area contributed by atoms with E-state index in [1.165, 1.54) is 4.90 Å². The third-order valence-electron chi connectivity index (χ3n) is 5.94. The van der Waals surface area contributed by atoms with Gasteiger partial charge < -0.3 is 14.4 Å². The van der Waals surface area contributed by atoms with Crippen LogP contribution in [0.4, 0.5) is 5.95 Å². The summed E-state index contributed by atoms with van der Waals surface area (Å²) in [6.45, 7) is 2.19. The highest BCUT2D eigenvalue weighted by atomic mass is 16.5. The van der Waals surface area contributed by atoms with Crippen LogP contribution in [0.3, 0.4) is 0 Å². The SMILES string of the molecule is CCN(CC(=O)Nc1nc(-c2ccccc2)cn1-c1ccc(OC)c(OC)c1)C(=O)Cc1ccccc1. The van der Waals surface area contributed by atoms with Crippen LogP contribution in [0.2, 0.25) is 0 Å². The van der Waals surface area contributed by atoms with Crippen molar-refractivity contribution < 1.29 is 19.1 Å². The molecular weight excluding hydrogens is 468 g/mol. The number of rotatable bonds is 10. The Kier molecular flexibility index (Phi) is 8.20. The van der Waals surface area contributed by atoms with E-state index in [4.69, 9.17) is 14.5 Å². The van der Waals surface area contributed by atoms with Crippen molar-refractivity contribution in [2.24, 2.45) is 0 Å². The Morgan fingerprint density at radius 2 is 1.59 bits per heavy atom. The molecule has 0 atom stereocenters. The monoisotopic (exact) mass is 498 g/mol. The van der Waals surface area contributed by atoms with Crippen LogP contribution in [-0.4, -0.2) is 53.6 Å². The Labute approximate surface area is 216 Å². The molecule has 8 heteroatoms. The van der Waals surface area contributed by atoms with Gasteiger partial charge in [-0.3, -0.25) is 19.5 Å². The van der Waals surface area contributed by atoms with E-state index < -0.39 is 0 Å². The van der Waals surface area contributed by atoms with Crippen LogP contribution in [0, 0.1) is 0 Å². The van der Waals surface area contributed by atoms with Crippen LogP contribution >= 0.6 is 0 Å². The predicted octanol–water partition coefficient (Wildman–Crippen LogP) is 4.59. The summed E-state index contributed by atoms with van der Waals surface area (Å²) in [6, 6.07) is 24.7. The van der Waals surface area contributed by atoms with E-state index in [-0.39, 0.29) is 24.8 Å². The average molecular weight is 499 g/mol. The van der Waals surface area contributed by atoms with Crippen LogP contribution in [0.15, 0.2) is 85.1 Å². The number of nitrogens with zero attached hydrogens (tertiary/aromatic N) is 3. The number of aromatic nitrogens is 2. The third-order valence-corrected chi connectivity index (χ3v) is 5.94. The van der Waals surface area contributed by atoms with E-state index in [0.717, 1.165) is 16.8 Å². The van der Waals surface area contributed by atoms with Crippen molar-refractivity contribution in [3.05, 3.63) is 90.6 Å². The summed E-state index contributed by atoms with van der Waals surface area (Å²) in [5.41, 5.74) is 3.24. The summed E-state index contributed by atoms with van der Waals surface area (Å²) < 4.78 is 12.6. The van der Waals surface area contributed by atoms with Gasteiger partial charge in [-0.25, -0.2) is 4.98 Å². The maximum Gasteiger partial charge on any atom is 0.246 e. The zero-order valence-corrected chi connectivity index (χ0v) is 21.2. The first-order valence-electron chi connectivity index (χ1n) is 12.0. The van der Waals surface area contributed by atoms with Crippen molar-refractivity contribution in [3.8, 4) is 28.4 Å². The first kappa shape index (κ1) is 25.5. The van der Waals surface area contributed by atoms with Gasteiger partial charge in [-0.05, 0) is 24.6 Å². The summed E-state index contributed by atoms with van der Waals surface area (Å²) in [5, 5.41) is 2.90. The lowest BCUT2D eigenvalue weighted by Gasteiger charge is -2.20. The van der Waals surface area contributed by atoms with E-state index in [1.807, 2.05) is 85.9 Å². The Bertz CT molecular complexity index is 1350. The molecule has 0 radical (unpaired) electrons. The number of anilines is 1. The molecule has 1 N–H and O–H groups in total. The van der Waals surface area contributed by atoms with Crippen molar-refractivity contribution in [2.75, 3.05) is 32.6 Å². The minimum Gasteiger partial charge on any atom is -0.493 e. The van der Waals surface area contributed by atoms with Crippen LogP contribution in [0.1, 0.15) is 12.5 Å². The lowest BCUT2D eigenvalue weighted by atomic mass is 10.1. The van der Waals surface area contributed by atoms with Gasteiger partial charge in [0.1, 0.15) is 0 Å². The molecule has 0 aliphatic carbocycles. The molecular formula is C29H30N4O4. The largest absolute Gasteiger partial charge is 0.493 e. The molecule has 1 aromatic heterocycles. The number of hydrogen-bond donors (Lipinski definition) is 1. The van der Waals surface area contributed by atoms with E-state index in [9.17, 15) is 9.59 Å². The highest BCUT2D eigenvalue weighted by Gasteiger charge is 2.19. The maximum atomic E-state index is 13.1. The van der Waals surface area contributed by atoms with Crippen molar-refractivity contribution in [3.63, 3.8) is 0 Å². The second-order valence-electron chi connectivity index (χ2n) is 8.34. The molecule has 1 heterocycles. The predicted molar refractivity (Wildman–Crippen MR) is 143 cm³/mol. The quantitative estimate of drug-likeness (QED) is 0.346. The van der Waals surface area contributed by atoms with Gasteiger partial charge in [0.25, 0.3) is 0 Å². The highest BCUT2D eigenvalue weighted by Crippen LogP contribution is 2.31. The van der Waals surface area contributed by atoms with Crippen molar-refractivity contribution in [2.45, 2.75) is 13.3 Å². The van der Waals surface area contributed by atoms with E-state index in [2.05, 4.69) is 5.32 Å². The average Bonchev–Trinajstić information content (AvgIpc) is 3.35. The Morgan fingerprint density at radius 1 is 0.919 bits per heavy atom. The number of hydrogen-bond acceptors (Lipinski definition) is 5. The Hall–Kier alpha value is -4.59. The number of nitrogens with one attached hydrogen (secondary N) is 1. The Balaban J connectivity index is 1.59. The smallest absolute Gasteiger partial charge is 0.246 e. The standard InChI is InChI=1S/C29H30N4O4/c1-4-32(28(35)17-21-11-7-5-8-12-21)20-27(34)31-29-30-24(22-13-9-6-10-14-22)19-33(29)23-15-16-25(36-2)26(18-23)37-3/h5-16,18-19H,4,17,20H2,1-3H3,(H,30,31,34). The molecule has 0 fully saturated rings. The van der Waals surface area contributed by atoms with Gasteiger partial charge in [-0.1, -0.05) is 60.7 Å². The molecule has 0 saturated heterocycles. The van der Waals surface area contributed by atoms with Gasteiger partial charge in [-0.2, -0.15) is 0 Å². The number of imidazole rings is 1. The second-order valence-corrected chi connectivity index (χ2v) is 8.34. The molecule has 4 aromatic rings. The summed E-state index contributed by atoms with van der Waals surface area (Å²) in [4.78, 5) is 32.2. The molecule has 0 saturated carbocycles. The summed E-state index contributed by atoms with van der Waals surface area (Å²) in [6.07, 6.45) is 2.09. The third kappa shape index (κ3) is 6.16. The van der Waals surface area contributed by atoms with Gasteiger partial charge in [0.2, 0.25) is 17.8 Å². The molecule has 2 amide bonds. The fourth-order valence-corrected chi connectivity index (χ4v) is 3.98. The molecule has 0 unspecified atom stereocenters. The van der Waals surface area contributed by atoms with Gasteiger partial charge in [0, 0.05) is 24.4 Å². The van der Waals surface area contributed by atoms with E-state index >= 15 is 0 Å². The summed E-state index contributed by atoms with van der Waals surface area (Å²) >= 11 is 0. The number of carbonyl (C=O) groups is 2.